The molecule has 0 aliphatic carbocycles. The van der Waals surface area contributed by atoms with Gasteiger partial charge in [-0.05, 0) is 38.3 Å². The summed E-state index contributed by atoms with van der Waals surface area (Å²) in [6.45, 7) is 7.01. The molecule has 3 fully saturated rings. The SMILES string of the molecule is CC(C)[C@H]1C(=O)N(S(C)(=O)=O)[C@H]2CCN(C(=O)c3cnc(CN4CCCC4)cn3)[C@H]12. The molecule has 0 N–H and O–H groups in total. The van der Waals surface area contributed by atoms with E-state index >= 15 is 0 Å². The van der Waals surface area contributed by atoms with Crippen LogP contribution in [0.15, 0.2) is 12.4 Å². The highest BCUT2D eigenvalue weighted by Crippen LogP contribution is 2.41. The average Bonchev–Trinajstić information content (AvgIpc) is 3.37. The maximum absolute atomic E-state index is 13.2. The fourth-order valence-corrected chi connectivity index (χ4v) is 6.30. The molecule has 3 atom stereocenters. The molecule has 0 unspecified atom stereocenters. The lowest BCUT2D eigenvalue weighted by Crippen LogP contribution is -2.44. The molecule has 1 aromatic heterocycles. The first-order chi connectivity index (χ1) is 14.2. The van der Waals surface area contributed by atoms with E-state index in [0.29, 0.717) is 13.0 Å². The molecule has 0 radical (unpaired) electrons. The maximum Gasteiger partial charge on any atom is 0.274 e. The van der Waals surface area contributed by atoms with Crippen LogP contribution in [0.25, 0.3) is 0 Å². The molecule has 9 nitrogen and oxygen atoms in total. The van der Waals surface area contributed by atoms with Gasteiger partial charge in [-0.15, -0.1) is 0 Å². The van der Waals surface area contributed by atoms with Crippen molar-refractivity contribution in [1.82, 2.24) is 24.1 Å². The van der Waals surface area contributed by atoms with Gasteiger partial charge in [0.1, 0.15) is 5.69 Å². The highest BCUT2D eigenvalue weighted by molar-refractivity contribution is 7.88. The van der Waals surface area contributed by atoms with E-state index in [-0.39, 0.29) is 17.5 Å². The smallest absolute Gasteiger partial charge is 0.274 e. The Balaban J connectivity index is 1.55. The third kappa shape index (κ3) is 3.71. The molecular weight excluding hydrogens is 406 g/mol. The van der Waals surface area contributed by atoms with Gasteiger partial charge in [-0.3, -0.25) is 19.5 Å². The minimum absolute atomic E-state index is 0.0842. The zero-order chi connectivity index (χ0) is 21.6. The van der Waals surface area contributed by atoms with E-state index in [4.69, 9.17) is 0 Å². The second-order valence-corrected chi connectivity index (χ2v) is 10.7. The largest absolute Gasteiger partial charge is 0.331 e. The lowest BCUT2D eigenvalue weighted by atomic mass is 9.88. The Kier molecular flexibility index (Phi) is 5.56. The van der Waals surface area contributed by atoms with Crippen molar-refractivity contribution in [3.63, 3.8) is 0 Å². The van der Waals surface area contributed by atoms with Crippen LogP contribution in [0.5, 0.6) is 0 Å². The molecule has 164 valence electrons. The minimum Gasteiger partial charge on any atom is -0.331 e. The summed E-state index contributed by atoms with van der Waals surface area (Å²) in [4.78, 5) is 38.8. The summed E-state index contributed by atoms with van der Waals surface area (Å²) in [6, 6.07) is -0.975. The first kappa shape index (κ1) is 21.2. The van der Waals surface area contributed by atoms with Crippen LogP contribution < -0.4 is 0 Å². The molecule has 3 aliphatic rings. The van der Waals surface area contributed by atoms with Gasteiger partial charge in [0.15, 0.2) is 0 Å². The fraction of sp³-hybridized carbons (Fsp3) is 0.700. The van der Waals surface area contributed by atoms with Gasteiger partial charge in [0, 0.05) is 13.1 Å². The maximum atomic E-state index is 13.2. The third-order valence-corrected chi connectivity index (χ3v) is 7.60. The summed E-state index contributed by atoms with van der Waals surface area (Å²) >= 11 is 0. The molecule has 30 heavy (non-hydrogen) atoms. The fourth-order valence-electron chi connectivity index (χ4n) is 5.13. The summed E-state index contributed by atoms with van der Waals surface area (Å²) in [5.74, 6) is -1.33. The van der Waals surface area contributed by atoms with Crippen LogP contribution in [0, 0.1) is 11.8 Å². The Morgan fingerprint density at radius 1 is 1.17 bits per heavy atom. The number of sulfonamides is 1. The molecule has 4 heterocycles. The van der Waals surface area contributed by atoms with Crippen molar-refractivity contribution in [3.8, 4) is 0 Å². The summed E-state index contributed by atoms with van der Waals surface area (Å²) in [7, 11) is -3.69. The lowest BCUT2D eigenvalue weighted by Gasteiger charge is -2.29. The highest BCUT2D eigenvalue weighted by Gasteiger charge is 2.58. The minimum atomic E-state index is -3.69. The molecule has 3 saturated heterocycles. The van der Waals surface area contributed by atoms with E-state index < -0.39 is 33.9 Å². The number of aromatic nitrogens is 2. The van der Waals surface area contributed by atoms with Gasteiger partial charge in [-0.25, -0.2) is 17.7 Å². The average molecular weight is 436 g/mol. The van der Waals surface area contributed by atoms with Gasteiger partial charge in [-0.1, -0.05) is 13.8 Å². The summed E-state index contributed by atoms with van der Waals surface area (Å²) < 4.78 is 25.5. The topological polar surface area (TPSA) is 104 Å². The zero-order valence-corrected chi connectivity index (χ0v) is 18.5. The van der Waals surface area contributed by atoms with Crippen molar-refractivity contribution in [2.45, 2.75) is 51.7 Å². The van der Waals surface area contributed by atoms with Gasteiger partial charge < -0.3 is 4.90 Å². The number of fused-ring (bicyclic) bond motifs is 1. The van der Waals surface area contributed by atoms with E-state index in [1.54, 1.807) is 11.1 Å². The van der Waals surface area contributed by atoms with Crippen LogP contribution in [0.2, 0.25) is 0 Å². The quantitative estimate of drug-likeness (QED) is 0.671. The molecule has 10 heteroatoms. The van der Waals surface area contributed by atoms with E-state index in [9.17, 15) is 18.0 Å². The first-order valence-corrected chi connectivity index (χ1v) is 12.4. The van der Waals surface area contributed by atoms with Crippen LogP contribution in [0.3, 0.4) is 0 Å². The second-order valence-electron chi connectivity index (χ2n) is 8.89. The Morgan fingerprint density at radius 2 is 1.87 bits per heavy atom. The van der Waals surface area contributed by atoms with Crippen LogP contribution in [-0.4, -0.2) is 82.3 Å². The number of amides is 2. The lowest BCUT2D eigenvalue weighted by molar-refractivity contribution is -0.129. The molecule has 3 aliphatic heterocycles. The van der Waals surface area contributed by atoms with Gasteiger partial charge >= 0.3 is 0 Å². The number of rotatable bonds is 5. The highest BCUT2D eigenvalue weighted by atomic mass is 32.2. The van der Waals surface area contributed by atoms with E-state index in [1.165, 1.54) is 19.0 Å². The predicted molar refractivity (Wildman–Crippen MR) is 110 cm³/mol. The van der Waals surface area contributed by atoms with Crippen LogP contribution in [-0.2, 0) is 21.4 Å². The molecule has 1 aromatic rings. The van der Waals surface area contributed by atoms with Gasteiger partial charge in [0.25, 0.3) is 5.91 Å². The normalized spacial score (nSPS) is 27.3. The van der Waals surface area contributed by atoms with Gasteiger partial charge in [-0.2, -0.15) is 0 Å². The number of carbonyl (C=O) groups is 2. The standard InChI is InChI=1S/C20H29N5O4S/c1-13(2)17-18-16(25(20(17)27)30(3,28)29)6-9-24(18)19(26)15-11-21-14(10-22-15)12-23-7-4-5-8-23/h10-11,13,16-18H,4-9,12H2,1-3H3/t16-,17+,18-/m0/s1. The van der Waals surface area contributed by atoms with E-state index in [0.717, 1.165) is 35.9 Å². The van der Waals surface area contributed by atoms with Crippen molar-refractivity contribution in [3.05, 3.63) is 23.8 Å². The van der Waals surface area contributed by atoms with Crippen LogP contribution in [0.4, 0.5) is 0 Å². The second kappa shape index (κ2) is 7.88. The Bertz CT molecular complexity index is 927. The Morgan fingerprint density at radius 3 is 2.43 bits per heavy atom. The number of carbonyl (C=O) groups excluding carboxylic acids is 2. The zero-order valence-electron chi connectivity index (χ0n) is 17.7. The number of likely N-dealkylation sites (tertiary alicyclic amines) is 2. The Hall–Kier alpha value is -2.07. The molecular formula is C20H29N5O4S. The monoisotopic (exact) mass is 435 g/mol. The molecule has 0 spiro atoms. The van der Waals surface area contributed by atoms with Crippen molar-refractivity contribution in [1.29, 1.82) is 0 Å². The van der Waals surface area contributed by atoms with Crippen LogP contribution >= 0.6 is 0 Å². The molecule has 0 aromatic carbocycles. The van der Waals surface area contributed by atoms with Gasteiger partial charge in [0.2, 0.25) is 15.9 Å². The number of nitrogens with zero attached hydrogens (tertiary/aromatic N) is 5. The van der Waals surface area contributed by atoms with Crippen molar-refractivity contribution >= 4 is 21.8 Å². The van der Waals surface area contributed by atoms with Crippen LogP contribution in [0.1, 0.15) is 49.3 Å². The van der Waals surface area contributed by atoms with Crippen molar-refractivity contribution < 1.29 is 18.0 Å². The molecule has 2 amide bonds. The van der Waals surface area contributed by atoms with Gasteiger partial charge in [0.05, 0.1) is 42.3 Å². The first-order valence-electron chi connectivity index (χ1n) is 10.6. The molecule has 4 rings (SSSR count). The van der Waals surface area contributed by atoms with Crippen molar-refractivity contribution in [2.75, 3.05) is 25.9 Å². The summed E-state index contributed by atoms with van der Waals surface area (Å²) in [5, 5.41) is 0. The van der Waals surface area contributed by atoms with Crippen molar-refractivity contribution in [2.24, 2.45) is 11.8 Å². The summed E-state index contributed by atoms with van der Waals surface area (Å²) in [6.07, 6.45) is 7.03. The molecule has 0 saturated carbocycles. The molecule has 0 bridgehead atoms. The third-order valence-electron chi connectivity index (χ3n) is 6.44. The van der Waals surface area contributed by atoms with E-state index in [1.807, 2.05) is 13.8 Å². The predicted octanol–water partition coefficient (Wildman–Crippen LogP) is 0.730. The summed E-state index contributed by atoms with van der Waals surface area (Å²) in [5.41, 5.74) is 1.06. The van der Waals surface area contributed by atoms with E-state index in [2.05, 4.69) is 14.9 Å². The number of hydrogen-bond acceptors (Lipinski definition) is 7. The number of hydrogen-bond donors (Lipinski definition) is 0. The Labute approximate surface area is 177 Å².